The number of rotatable bonds is 4. The number of amides is 1. The van der Waals surface area contributed by atoms with Gasteiger partial charge >= 0.3 is 0 Å². The van der Waals surface area contributed by atoms with Gasteiger partial charge in [-0.1, -0.05) is 30.3 Å². The number of hydrogen-bond donors (Lipinski definition) is 2. The van der Waals surface area contributed by atoms with E-state index >= 15 is 0 Å². The molecule has 0 unspecified atom stereocenters. The van der Waals surface area contributed by atoms with Crippen LogP contribution in [0, 0.1) is 17.8 Å². The highest BCUT2D eigenvalue weighted by Gasteiger charge is 2.43. The predicted molar refractivity (Wildman–Crippen MR) is 97.8 cm³/mol. The lowest BCUT2D eigenvalue weighted by Crippen LogP contribution is -2.43. The van der Waals surface area contributed by atoms with E-state index in [0.29, 0.717) is 12.0 Å². The Labute approximate surface area is 150 Å². The van der Waals surface area contributed by atoms with Crippen LogP contribution in [0.25, 0.3) is 0 Å². The molecule has 0 bridgehead atoms. The number of likely N-dealkylation sites (tertiary alicyclic amines) is 1. The summed E-state index contributed by atoms with van der Waals surface area (Å²) in [4.78, 5) is 15.2. The Bertz CT molecular complexity index is 583. The molecule has 3 aliphatic rings. The van der Waals surface area contributed by atoms with E-state index in [0.717, 1.165) is 51.1 Å². The van der Waals surface area contributed by atoms with E-state index in [1.54, 1.807) is 0 Å². The number of aliphatic hydroxyl groups excluding tert-OH is 1. The van der Waals surface area contributed by atoms with E-state index in [1.807, 2.05) is 0 Å². The van der Waals surface area contributed by atoms with Gasteiger partial charge in [0.05, 0.1) is 6.10 Å². The van der Waals surface area contributed by atoms with Crippen LogP contribution in [0.2, 0.25) is 0 Å². The number of fused-ring (bicyclic) bond motifs is 1. The van der Waals surface area contributed by atoms with E-state index in [1.165, 1.54) is 18.5 Å². The van der Waals surface area contributed by atoms with E-state index in [2.05, 4.69) is 40.5 Å². The molecule has 1 heterocycles. The molecule has 2 N–H and O–H groups in total. The molecule has 1 aromatic carbocycles. The van der Waals surface area contributed by atoms with Crippen LogP contribution in [0.3, 0.4) is 0 Å². The summed E-state index contributed by atoms with van der Waals surface area (Å²) in [5.41, 5.74) is 1.38. The van der Waals surface area contributed by atoms with Crippen LogP contribution in [0.4, 0.5) is 0 Å². The zero-order valence-electron chi connectivity index (χ0n) is 14.9. The first-order chi connectivity index (χ1) is 12.2. The lowest BCUT2D eigenvalue weighted by atomic mass is 9.86. The first-order valence-corrected chi connectivity index (χ1v) is 9.94. The quantitative estimate of drug-likeness (QED) is 0.884. The van der Waals surface area contributed by atoms with Crippen LogP contribution in [0.5, 0.6) is 0 Å². The Morgan fingerprint density at radius 2 is 1.80 bits per heavy atom. The molecule has 1 aromatic rings. The summed E-state index contributed by atoms with van der Waals surface area (Å²) in [6.45, 7) is 3.30. The maximum Gasteiger partial charge on any atom is 0.223 e. The largest absolute Gasteiger partial charge is 0.393 e. The normalized spacial score (nSPS) is 35.5. The minimum absolute atomic E-state index is 0.115. The van der Waals surface area contributed by atoms with E-state index in [4.69, 9.17) is 0 Å². The van der Waals surface area contributed by atoms with Crippen molar-refractivity contribution >= 4 is 5.91 Å². The summed E-state index contributed by atoms with van der Waals surface area (Å²) >= 11 is 0. The van der Waals surface area contributed by atoms with E-state index in [-0.39, 0.29) is 17.9 Å². The summed E-state index contributed by atoms with van der Waals surface area (Å²) in [7, 11) is 0. The van der Waals surface area contributed by atoms with E-state index in [9.17, 15) is 9.90 Å². The number of carbonyl (C=O) groups is 1. The fourth-order valence-electron chi connectivity index (χ4n) is 5.15. The fraction of sp³-hybridized carbons (Fsp3) is 0.667. The van der Waals surface area contributed by atoms with Gasteiger partial charge in [0.2, 0.25) is 5.91 Å². The molecule has 1 saturated heterocycles. The Balaban J connectivity index is 1.30. The Hall–Kier alpha value is -1.39. The first kappa shape index (κ1) is 17.0. The van der Waals surface area contributed by atoms with Crippen molar-refractivity contribution in [3.63, 3.8) is 0 Å². The number of benzene rings is 1. The second kappa shape index (κ2) is 7.46. The predicted octanol–water partition coefficient (Wildman–Crippen LogP) is 2.56. The smallest absolute Gasteiger partial charge is 0.223 e. The fourth-order valence-corrected chi connectivity index (χ4v) is 5.15. The van der Waals surface area contributed by atoms with Crippen molar-refractivity contribution in [2.75, 3.05) is 13.1 Å². The molecule has 3 fully saturated rings. The minimum Gasteiger partial charge on any atom is -0.393 e. The maximum absolute atomic E-state index is 12.6. The summed E-state index contributed by atoms with van der Waals surface area (Å²) in [5, 5.41) is 13.0. The number of hydrogen-bond acceptors (Lipinski definition) is 3. The van der Waals surface area contributed by atoms with Crippen molar-refractivity contribution in [3.8, 4) is 0 Å². The first-order valence-electron chi connectivity index (χ1n) is 9.94. The van der Waals surface area contributed by atoms with E-state index < -0.39 is 0 Å². The summed E-state index contributed by atoms with van der Waals surface area (Å²) in [6, 6.07) is 11.0. The van der Waals surface area contributed by atoms with Crippen molar-refractivity contribution in [3.05, 3.63) is 35.9 Å². The lowest BCUT2D eigenvalue weighted by molar-refractivity contribution is -0.127. The van der Waals surface area contributed by atoms with Crippen LogP contribution in [0.15, 0.2) is 30.3 Å². The third-order valence-electron chi connectivity index (χ3n) is 6.58. The average Bonchev–Trinajstić information content (AvgIpc) is 3.18. The van der Waals surface area contributed by atoms with Crippen LogP contribution < -0.4 is 5.32 Å². The molecule has 1 aliphatic heterocycles. The van der Waals surface area contributed by atoms with Gasteiger partial charge < -0.3 is 10.4 Å². The molecular weight excluding hydrogens is 312 g/mol. The Morgan fingerprint density at radius 3 is 2.56 bits per heavy atom. The Kier molecular flexibility index (Phi) is 5.09. The highest BCUT2D eigenvalue weighted by Crippen LogP contribution is 2.39. The highest BCUT2D eigenvalue weighted by atomic mass is 16.3. The zero-order valence-corrected chi connectivity index (χ0v) is 14.9. The van der Waals surface area contributed by atoms with Crippen LogP contribution in [-0.4, -0.2) is 41.1 Å². The molecule has 0 radical (unpaired) electrons. The molecule has 4 rings (SSSR count). The summed E-state index contributed by atoms with van der Waals surface area (Å²) in [6.07, 6.45) is 5.42. The average molecular weight is 342 g/mol. The second-order valence-electron chi connectivity index (χ2n) is 8.30. The van der Waals surface area contributed by atoms with Gasteiger partial charge in [-0.25, -0.2) is 0 Å². The zero-order chi connectivity index (χ0) is 17.2. The van der Waals surface area contributed by atoms with Gasteiger partial charge in [0.1, 0.15) is 0 Å². The number of nitrogens with zero attached hydrogens (tertiary/aromatic N) is 1. The maximum atomic E-state index is 12.6. The van der Waals surface area contributed by atoms with Crippen molar-refractivity contribution in [1.29, 1.82) is 0 Å². The van der Waals surface area contributed by atoms with Gasteiger partial charge in [-0.15, -0.1) is 0 Å². The third kappa shape index (κ3) is 3.90. The molecule has 2 aliphatic carbocycles. The lowest BCUT2D eigenvalue weighted by Gasteiger charge is -2.28. The van der Waals surface area contributed by atoms with Gasteiger partial charge in [0.25, 0.3) is 0 Å². The molecule has 2 saturated carbocycles. The number of carbonyl (C=O) groups excluding carboxylic acids is 1. The summed E-state index contributed by atoms with van der Waals surface area (Å²) < 4.78 is 0. The monoisotopic (exact) mass is 342 g/mol. The Morgan fingerprint density at radius 1 is 1.04 bits per heavy atom. The highest BCUT2D eigenvalue weighted by molar-refractivity contribution is 5.79. The molecular formula is C21H30N2O2. The van der Waals surface area contributed by atoms with Gasteiger partial charge in [0, 0.05) is 31.6 Å². The van der Waals surface area contributed by atoms with Crippen LogP contribution >= 0.6 is 0 Å². The van der Waals surface area contributed by atoms with Gasteiger partial charge in [0.15, 0.2) is 0 Å². The number of nitrogens with one attached hydrogen (secondary N) is 1. The number of aliphatic hydroxyl groups is 1. The van der Waals surface area contributed by atoms with Crippen molar-refractivity contribution < 1.29 is 9.90 Å². The van der Waals surface area contributed by atoms with Crippen LogP contribution in [-0.2, 0) is 11.3 Å². The third-order valence-corrected chi connectivity index (χ3v) is 6.58. The van der Waals surface area contributed by atoms with Gasteiger partial charge in [-0.2, -0.15) is 0 Å². The van der Waals surface area contributed by atoms with Crippen molar-refractivity contribution in [1.82, 2.24) is 10.2 Å². The standard InChI is InChI=1S/C21H30N2O2/c24-18-9-6-16(7-10-18)21(25)22-20-11-8-17-13-23(14-19(17)20)12-15-4-2-1-3-5-15/h1-5,16-20,24H,6-14H2,(H,22,25)/t16?,17-,18?,19+,20+/m0/s1. The molecule has 0 spiro atoms. The molecule has 3 atom stereocenters. The van der Waals surface area contributed by atoms with Gasteiger partial charge in [-0.05, 0) is 55.9 Å². The van der Waals surface area contributed by atoms with Gasteiger partial charge in [-0.3, -0.25) is 9.69 Å². The molecule has 0 aromatic heterocycles. The molecule has 25 heavy (non-hydrogen) atoms. The van der Waals surface area contributed by atoms with Crippen molar-refractivity contribution in [2.45, 2.75) is 57.2 Å². The molecule has 4 heteroatoms. The second-order valence-corrected chi connectivity index (χ2v) is 8.30. The molecule has 136 valence electrons. The summed E-state index contributed by atoms with van der Waals surface area (Å²) in [5.74, 6) is 1.70. The van der Waals surface area contributed by atoms with Crippen LogP contribution in [0.1, 0.15) is 44.1 Å². The SMILES string of the molecule is O=C(N[C@@H]1CC[C@H]2CN(Cc3ccccc3)C[C@H]21)C1CCC(O)CC1. The molecule has 4 nitrogen and oxygen atoms in total. The minimum atomic E-state index is -0.193. The molecule has 1 amide bonds. The topological polar surface area (TPSA) is 52.6 Å². The van der Waals surface area contributed by atoms with Crippen molar-refractivity contribution in [2.24, 2.45) is 17.8 Å².